The zero-order valence-corrected chi connectivity index (χ0v) is 10.2. The van der Waals surface area contributed by atoms with E-state index in [9.17, 15) is 4.79 Å². The number of methoxy groups -OCH3 is 1. The number of carbonyl (C=O) groups excluding carboxylic acids is 1. The number of carbonyl (C=O) groups is 1. The van der Waals surface area contributed by atoms with Crippen LogP contribution in [0.4, 0.5) is 5.69 Å². The molecule has 1 aromatic carbocycles. The Bertz CT molecular complexity index is 314. The van der Waals surface area contributed by atoms with E-state index in [0.717, 1.165) is 25.1 Å². The summed E-state index contributed by atoms with van der Waals surface area (Å²) in [4.78, 5) is 11.4. The summed E-state index contributed by atoms with van der Waals surface area (Å²) in [6, 6.07) is 9.69. The van der Waals surface area contributed by atoms with Gasteiger partial charge >= 0.3 is 0 Å². The van der Waals surface area contributed by atoms with Crippen LogP contribution in [0.15, 0.2) is 30.3 Å². The summed E-state index contributed by atoms with van der Waals surface area (Å²) in [6.45, 7) is 1.77. The summed E-state index contributed by atoms with van der Waals surface area (Å²) in [7, 11) is 1.68. The Morgan fingerprint density at radius 1 is 1.24 bits per heavy atom. The summed E-state index contributed by atoms with van der Waals surface area (Å²) < 4.78 is 4.93. The minimum atomic E-state index is 0.0197. The molecular weight excluding hydrogens is 216 g/mol. The zero-order valence-electron chi connectivity index (χ0n) is 10.2. The van der Waals surface area contributed by atoms with Gasteiger partial charge in [-0.15, -0.1) is 0 Å². The number of rotatable bonds is 8. The molecule has 0 saturated carbocycles. The van der Waals surface area contributed by atoms with E-state index in [0.29, 0.717) is 13.1 Å². The molecule has 0 saturated heterocycles. The zero-order chi connectivity index (χ0) is 12.3. The lowest BCUT2D eigenvalue weighted by atomic mass is 10.3. The van der Waals surface area contributed by atoms with Crippen molar-refractivity contribution >= 4 is 11.6 Å². The minimum absolute atomic E-state index is 0.0197. The first-order chi connectivity index (χ1) is 8.33. The average Bonchev–Trinajstić information content (AvgIpc) is 2.37. The largest absolute Gasteiger partial charge is 0.385 e. The van der Waals surface area contributed by atoms with Crippen LogP contribution in [0.5, 0.6) is 0 Å². The van der Waals surface area contributed by atoms with Crippen LogP contribution in [0.3, 0.4) is 0 Å². The highest BCUT2D eigenvalue weighted by Gasteiger charge is 1.99. The molecule has 94 valence electrons. The minimum Gasteiger partial charge on any atom is -0.385 e. The lowest BCUT2D eigenvalue weighted by Crippen LogP contribution is -2.30. The fourth-order valence-corrected chi connectivity index (χ4v) is 1.40. The number of amides is 1. The summed E-state index contributed by atoms with van der Waals surface area (Å²) in [5.41, 5.74) is 0.960. The Hall–Kier alpha value is -1.55. The molecule has 4 nitrogen and oxygen atoms in total. The highest BCUT2D eigenvalue weighted by atomic mass is 16.5. The number of benzene rings is 1. The number of hydrogen-bond donors (Lipinski definition) is 2. The molecule has 0 radical (unpaired) electrons. The Balaban J connectivity index is 2.05. The smallest absolute Gasteiger partial charge is 0.239 e. The van der Waals surface area contributed by atoms with Crippen molar-refractivity contribution in [1.29, 1.82) is 0 Å². The van der Waals surface area contributed by atoms with Crippen LogP contribution in [-0.2, 0) is 9.53 Å². The molecule has 0 atom stereocenters. The van der Waals surface area contributed by atoms with Crippen LogP contribution >= 0.6 is 0 Å². The molecule has 17 heavy (non-hydrogen) atoms. The van der Waals surface area contributed by atoms with Gasteiger partial charge in [0.05, 0.1) is 6.54 Å². The van der Waals surface area contributed by atoms with E-state index in [1.807, 2.05) is 30.3 Å². The van der Waals surface area contributed by atoms with Gasteiger partial charge in [0.1, 0.15) is 0 Å². The van der Waals surface area contributed by atoms with Gasteiger partial charge in [-0.25, -0.2) is 0 Å². The first kappa shape index (κ1) is 13.5. The first-order valence-electron chi connectivity index (χ1n) is 5.87. The molecule has 0 fully saturated rings. The fraction of sp³-hybridized carbons (Fsp3) is 0.462. The molecule has 0 spiro atoms. The maximum atomic E-state index is 11.4. The second-order valence-electron chi connectivity index (χ2n) is 3.77. The molecule has 1 amide bonds. The summed E-state index contributed by atoms with van der Waals surface area (Å²) in [6.07, 6.45) is 1.92. The van der Waals surface area contributed by atoms with E-state index in [4.69, 9.17) is 4.74 Å². The average molecular weight is 236 g/mol. The van der Waals surface area contributed by atoms with Crippen molar-refractivity contribution < 1.29 is 9.53 Å². The third kappa shape index (κ3) is 6.58. The number of unbranched alkanes of at least 4 members (excludes halogenated alkanes) is 1. The molecule has 0 bridgehead atoms. The van der Waals surface area contributed by atoms with Gasteiger partial charge in [-0.1, -0.05) is 18.2 Å². The van der Waals surface area contributed by atoms with Crippen molar-refractivity contribution in [3.05, 3.63) is 30.3 Å². The molecule has 0 heterocycles. The number of anilines is 1. The van der Waals surface area contributed by atoms with Gasteiger partial charge in [0.25, 0.3) is 0 Å². The lowest BCUT2D eigenvalue weighted by Gasteiger charge is -2.07. The van der Waals surface area contributed by atoms with Crippen LogP contribution < -0.4 is 10.6 Å². The van der Waals surface area contributed by atoms with Gasteiger partial charge in [-0.05, 0) is 25.0 Å². The Kier molecular flexibility index (Phi) is 6.82. The standard InChI is InChI=1S/C13H20N2O2/c1-17-10-6-5-9-14-13(16)11-15-12-7-3-2-4-8-12/h2-4,7-8,15H,5-6,9-11H2,1H3,(H,14,16). The van der Waals surface area contributed by atoms with Gasteiger partial charge in [0, 0.05) is 25.9 Å². The van der Waals surface area contributed by atoms with Crippen molar-refractivity contribution in [3.63, 3.8) is 0 Å². The van der Waals surface area contributed by atoms with Crippen molar-refractivity contribution in [3.8, 4) is 0 Å². The van der Waals surface area contributed by atoms with Gasteiger partial charge in [-0.3, -0.25) is 4.79 Å². The molecule has 0 aliphatic rings. The van der Waals surface area contributed by atoms with E-state index in [-0.39, 0.29) is 5.91 Å². The first-order valence-corrected chi connectivity index (χ1v) is 5.87. The molecule has 0 unspecified atom stereocenters. The summed E-state index contributed by atoms with van der Waals surface area (Å²) >= 11 is 0. The van der Waals surface area contributed by atoms with Crippen LogP contribution in [0, 0.1) is 0 Å². The van der Waals surface area contributed by atoms with Crippen molar-refractivity contribution in [2.75, 3.05) is 32.1 Å². The Morgan fingerprint density at radius 2 is 2.00 bits per heavy atom. The number of ether oxygens (including phenoxy) is 1. The molecule has 4 heteroatoms. The molecule has 0 aromatic heterocycles. The second kappa shape index (κ2) is 8.58. The second-order valence-corrected chi connectivity index (χ2v) is 3.77. The van der Waals surface area contributed by atoms with Gasteiger partial charge in [-0.2, -0.15) is 0 Å². The predicted molar refractivity (Wildman–Crippen MR) is 69.1 cm³/mol. The van der Waals surface area contributed by atoms with E-state index >= 15 is 0 Å². The van der Waals surface area contributed by atoms with E-state index in [1.165, 1.54) is 0 Å². The quantitative estimate of drug-likeness (QED) is 0.675. The normalized spacial score (nSPS) is 9.94. The van der Waals surface area contributed by atoms with E-state index in [2.05, 4.69) is 10.6 Å². The maximum Gasteiger partial charge on any atom is 0.239 e. The fourth-order valence-electron chi connectivity index (χ4n) is 1.40. The Morgan fingerprint density at radius 3 is 2.71 bits per heavy atom. The SMILES string of the molecule is COCCCCNC(=O)CNc1ccccc1. The van der Waals surface area contributed by atoms with Gasteiger partial charge < -0.3 is 15.4 Å². The van der Waals surface area contributed by atoms with Crippen molar-refractivity contribution in [1.82, 2.24) is 5.32 Å². The molecule has 1 rings (SSSR count). The number of para-hydroxylation sites is 1. The maximum absolute atomic E-state index is 11.4. The van der Waals surface area contributed by atoms with Crippen molar-refractivity contribution in [2.24, 2.45) is 0 Å². The van der Waals surface area contributed by atoms with Gasteiger partial charge in [0.15, 0.2) is 0 Å². The lowest BCUT2D eigenvalue weighted by molar-refractivity contribution is -0.119. The summed E-state index contributed by atoms with van der Waals surface area (Å²) in [5, 5.41) is 5.91. The summed E-state index contributed by atoms with van der Waals surface area (Å²) in [5.74, 6) is 0.0197. The highest BCUT2D eigenvalue weighted by molar-refractivity contribution is 5.80. The third-order valence-electron chi connectivity index (χ3n) is 2.32. The molecule has 1 aromatic rings. The number of hydrogen-bond acceptors (Lipinski definition) is 3. The van der Waals surface area contributed by atoms with E-state index in [1.54, 1.807) is 7.11 Å². The van der Waals surface area contributed by atoms with Crippen LogP contribution in [0.1, 0.15) is 12.8 Å². The molecular formula is C13H20N2O2. The molecule has 0 aliphatic heterocycles. The van der Waals surface area contributed by atoms with E-state index < -0.39 is 0 Å². The topological polar surface area (TPSA) is 50.4 Å². The Labute approximate surface area is 102 Å². The third-order valence-corrected chi connectivity index (χ3v) is 2.32. The van der Waals surface area contributed by atoms with Crippen LogP contribution in [-0.4, -0.2) is 32.7 Å². The monoisotopic (exact) mass is 236 g/mol. The molecule has 0 aliphatic carbocycles. The van der Waals surface area contributed by atoms with Crippen molar-refractivity contribution in [2.45, 2.75) is 12.8 Å². The highest BCUT2D eigenvalue weighted by Crippen LogP contribution is 2.03. The van der Waals surface area contributed by atoms with Crippen LogP contribution in [0.2, 0.25) is 0 Å². The van der Waals surface area contributed by atoms with Crippen LogP contribution in [0.25, 0.3) is 0 Å². The molecule has 2 N–H and O–H groups in total. The predicted octanol–water partition coefficient (Wildman–Crippen LogP) is 1.64. The number of nitrogens with one attached hydrogen (secondary N) is 2. The van der Waals surface area contributed by atoms with Gasteiger partial charge in [0.2, 0.25) is 5.91 Å².